The van der Waals surface area contributed by atoms with Crippen molar-refractivity contribution in [1.29, 1.82) is 0 Å². The molecule has 0 aliphatic carbocycles. The minimum absolute atomic E-state index is 0.0157. The highest BCUT2D eigenvalue weighted by atomic mass is 32.2. The number of hydrogen-bond acceptors (Lipinski definition) is 5. The monoisotopic (exact) mass is 334 g/mol. The van der Waals surface area contributed by atoms with Crippen molar-refractivity contribution in [1.82, 2.24) is 4.90 Å². The van der Waals surface area contributed by atoms with Crippen LogP contribution in [0.1, 0.15) is 26.3 Å². The van der Waals surface area contributed by atoms with Crippen LogP contribution in [0.3, 0.4) is 0 Å². The number of carbonyl (C=O) groups excluding carboxylic acids is 2. The molecule has 1 amide bonds. The number of amides is 1. The number of non-ortho nitro benzene ring substituents is 1. The maximum Gasteiger partial charge on any atom is 0.269 e. The first-order valence-electron chi connectivity index (χ1n) is 7.11. The molecule has 0 atom stereocenters. The summed E-state index contributed by atoms with van der Waals surface area (Å²) >= 11 is 1.32. The summed E-state index contributed by atoms with van der Waals surface area (Å²) in [6.07, 6.45) is 1.49. The van der Waals surface area contributed by atoms with E-state index in [1.165, 1.54) is 34.9 Å². The van der Waals surface area contributed by atoms with Crippen LogP contribution in [0.4, 0.5) is 5.69 Å². The summed E-state index contributed by atoms with van der Waals surface area (Å²) in [5.74, 6) is 0.117. The van der Waals surface area contributed by atoms with Crippen molar-refractivity contribution in [3.63, 3.8) is 0 Å². The van der Waals surface area contributed by atoms with E-state index in [0.29, 0.717) is 10.6 Å². The van der Waals surface area contributed by atoms with Gasteiger partial charge < -0.3 is 4.90 Å². The van der Waals surface area contributed by atoms with E-state index in [4.69, 9.17) is 0 Å². The zero-order chi connectivity index (χ0) is 17.2. The molecule has 0 N–H and O–H groups in total. The highest BCUT2D eigenvalue weighted by Crippen LogP contribution is 2.32. The highest BCUT2D eigenvalue weighted by Gasteiger charge is 2.29. The maximum absolute atomic E-state index is 12.2. The molecule has 1 saturated heterocycles. The summed E-state index contributed by atoms with van der Waals surface area (Å²) in [6.45, 7) is 5.67. The topological polar surface area (TPSA) is 80.5 Å². The van der Waals surface area contributed by atoms with Crippen LogP contribution in [0.5, 0.6) is 0 Å². The fraction of sp³-hybridized carbons (Fsp3) is 0.375. The van der Waals surface area contributed by atoms with Gasteiger partial charge in [-0.15, -0.1) is 0 Å². The Balaban J connectivity index is 2.24. The largest absolute Gasteiger partial charge is 0.301 e. The molecule has 0 bridgehead atoms. The summed E-state index contributed by atoms with van der Waals surface area (Å²) in [5.41, 5.74) is 0.124. The van der Waals surface area contributed by atoms with Crippen LogP contribution in [0.2, 0.25) is 0 Å². The number of thioether (sulfide) groups is 1. The number of ketones is 1. The Morgan fingerprint density at radius 3 is 2.74 bits per heavy atom. The summed E-state index contributed by atoms with van der Waals surface area (Å²) in [5, 5.41) is 11.4. The molecule has 1 aromatic rings. The van der Waals surface area contributed by atoms with E-state index < -0.39 is 10.3 Å². The van der Waals surface area contributed by atoms with E-state index in [-0.39, 0.29) is 29.7 Å². The van der Waals surface area contributed by atoms with Crippen LogP contribution in [-0.4, -0.2) is 27.3 Å². The highest BCUT2D eigenvalue weighted by molar-refractivity contribution is 8.04. The molecule has 1 fully saturated rings. The summed E-state index contributed by atoms with van der Waals surface area (Å²) in [7, 11) is 0. The standard InChI is InChI=1S/C16H18N2O4S/c1-16(2,3)13(19)8-15-17(14(20)10-23-15)9-11-5-4-6-12(7-11)18(21)22/h4-8H,9-10H2,1-3H3. The third-order valence-electron chi connectivity index (χ3n) is 3.37. The molecule has 1 aromatic carbocycles. The fourth-order valence-electron chi connectivity index (χ4n) is 1.98. The fourth-order valence-corrected chi connectivity index (χ4v) is 2.92. The third-order valence-corrected chi connectivity index (χ3v) is 4.39. The van der Waals surface area contributed by atoms with Crippen molar-refractivity contribution in [2.24, 2.45) is 5.41 Å². The van der Waals surface area contributed by atoms with Crippen molar-refractivity contribution in [2.45, 2.75) is 27.3 Å². The Morgan fingerprint density at radius 2 is 2.13 bits per heavy atom. The number of allylic oxidation sites excluding steroid dienone is 1. The van der Waals surface area contributed by atoms with Gasteiger partial charge in [0.2, 0.25) is 5.91 Å². The lowest BCUT2D eigenvalue weighted by Gasteiger charge is -2.19. The molecule has 0 spiro atoms. The Kier molecular flexibility index (Phi) is 4.89. The molecule has 0 saturated carbocycles. The first-order chi connectivity index (χ1) is 10.7. The van der Waals surface area contributed by atoms with E-state index >= 15 is 0 Å². The van der Waals surface area contributed by atoms with Crippen molar-refractivity contribution >= 4 is 29.1 Å². The van der Waals surface area contributed by atoms with Crippen molar-refractivity contribution in [3.05, 3.63) is 51.0 Å². The molecule has 122 valence electrons. The Hall–Kier alpha value is -2.15. The second kappa shape index (κ2) is 6.54. The number of carbonyl (C=O) groups is 2. The summed E-state index contributed by atoms with van der Waals surface area (Å²) in [6, 6.07) is 6.17. The molecular formula is C16H18N2O4S. The van der Waals surface area contributed by atoms with Crippen LogP contribution in [0.15, 0.2) is 35.4 Å². The number of nitro benzene ring substituents is 1. The smallest absolute Gasteiger partial charge is 0.269 e. The van der Waals surface area contributed by atoms with Gasteiger partial charge in [0, 0.05) is 23.6 Å². The van der Waals surface area contributed by atoms with Crippen molar-refractivity contribution in [2.75, 3.05) is 5.75 Å². The van der Waals surface area contributed by atoms with Crippen LogP contribution in [0.25, 0.3) is 0 Å². The van der Waals surface area contributed by atoms with Crippen LogP contribution >= 0.6 is 11.8 Å². The number of hydrogen-bond donors (Lipinski definition) is 0. The Bertz CT molecular complexity index is 692. The molecule has 2 rings (SSSR count). The van der Waals surface area contributed by atoms with Crippen LogP contribution in [0, 0.1) is 15.5 Å². The van der Waals surface area contributed by atoms with Crippen LogP contribution in [-0.2, 0) is 16.1 Å². The summed E-state index contributed by atoms with van der Waals surface area (Å²) < 4.78 is 0. The minimum Gasteiger partial charge on any atom is -0.301 e. The molecule has 7 heteroatoms. The molecule has 23 heavy (non-hydrogen) atoms. The maximum atomic E-state index is 12.2. The van der Waals surface area contributed by atoms with Gasteiger partial charge in [-0.05, 0) is 5.56 Å². The molecule has 0 radical (unpaired) electrons. The number of rotatable bonds is 4. The molecule has 6 nitrogen and oxygen atoms in total. The van der Waals surface area contributed by atoms with Crippen molar-refractivity contribution in [3.8, 4) is 0 Å². The molecule has 0 unspecified atom stereocenters. The van der Waals surface area contributed by atoms with Gasteiger partial charge in [0.05, 0.1) is 22.2 Å². The van der Waals surface area contributed by atoms with Crippen LogP contribution < -0.4 is 0 Å². The Labute approximate surface area is 138 Å². The van der Waals surface area contributed by atoms with Gasteiger partial charge in [-0.1, -0.05) is 44.7 Å². The lowest BCUT2D eigenvalue weighted by atomic mass is 9.91. The molecular weight excluding hydrogens is 316 g/mol. The average Bonchev–Trinajstić information content (AvgIpc) is 2.79. The number of benzene rings is 1. The first-order valence-corrected chi connectivity index (χ1v) is 8.09. The SMILES string of the molecule is CC(C)(C)C(=O)C=C1SCC(=O)N1Cc1cccc([N+](=O)[O-])c1. The first kappa shape index (κ1) is 17.2. The average molecular weight is 334 g/mol. The van der Waals surface area contributed by atoms with Gasteiger partial charge in [-0.3, -0.25) is 19.7 Å². The summed E-state index contributed by atoms with van der Waals surface area (Å²) in [4.78, 5) is 36.1. The third kappa shape index (κ3) is 4.19. The number of nitrogens with zero attached hydrogens (tertiary/aromatic N) is 2. The molecule has 1 heterocycles. The van der Waals surface area contributed by atoms with Gasteiger partial charge in [-0.25, -0.2) is 0 Å². The van der Waals surface area contributed by atoms with E-state index in [1.807, 2.05) is 20.8 Å². The lowest BCUT2D eigenvalue weighted by molar-refractivity contribution is -0.384. The van der Waals surface area contributed by atoms with Gasteiger partial charge in [0.15, 0.2) is 5.78 Å². The van der Waals surface area contributed by atoms with E-state index in [0.717, 1.165) is 0 Å². The molecule has 1 aliphatic heterocycles. The quantitative estimate of drug-likeness (QED) is 0.480. The zero-order valence-corrected chi connectivity index (χ0v) is 14.1. The molecule has 0 aromatic heterocycles. The predicted octanol–water partition coefficient (Wildman–Crippen LogP) is 3.13. The lowest BCUT2D eigenvalue weighted by Crippen LogP contribution is -2.25. The van der Waals surface area contributed by atoms with Gasteiger partial charge in [0.25, 0.3) is 5.69 Å². The number of nitro groups is 1. The van der Waals surface area contributed by atoms with E-state index in [1.54, 1.807) is 12.1 Å². The predicted molar refractivity (Wildman–Crippen MR) is 88.6 cm³/mol. The van der Waals surface area contributed by atoms with Gasteiger partial charge in [0.1, 0.15) is 0 Å². The van der Waals surface area contributed by atoms with E-state index in [2.05, 4.69) is 0 Å². The van der Waals surface area contributed by atoms with Crippen molar-refractivity contribution < 1.29 is 14.5 Å². The molecule has 1 aliphatic rings. The Morgan fingerprint density at radius 1 is 1.43 bits per heavy atom. The normalized spacial score (nSPS) is 16.9. The zero-order valence-electron chi connectivity index (χ0n) is 13.2. The minimum atomic E-state index is -0.517. The second-order valence-corrected chi connectivity index (χ2v) is 7.29. The van der Waals surface area contributed by atoms with Gasteiger partial charge in [-0.2, -0.15) is 0 Å². The van der Waals surface area contributed by atoms with E-state index in [9.17, 15) is 19.7 Å². The second-order valence-electron chi connectivity index (χ2n) is 6.29. The van der Waals surface area contributed by atoms with Gasteiger partial charge >= 0.3 is 0 Å².